The quantitative estimate of drug-likeness (QED) is 0.875. The Bertz CT molecular complexity index is 553. The smallest absolute Gasteiger partial charge is 0.118 e. The fourth-order valence-corrected chi connectivity index (χ4v) is 2.91. The first-order chi connectivity index (χ1) is 10.2. The van der Waals surface area contributed by atoms with Gasteiger partial charge in [0.2, 0.25) is 0 Å². The zero-order valence-corrected chi connectivity index (χ0v) is 12.9. The summed E-state index contributed by atoms with van der Waals surface area (Å²) in [5.41, 5.74) is 0.883. The first-order valence-corrected chi connectivity index (χ1v) is 7.43. The van der Waals surface area contributed by atoms with Crippen molar-refractivity contribution in [3.8, 4) is 5.75 Å². The van der Waals surface area contributed by atoms with Crippen LogP contribution in [0.25, 0.3) is 0 Å². The van der Waals surface area contributed by atoms with E-state index in [1.54, 1.807) is 13.3 Å². The molecule has 112 valence electrons. The molecular weight excluding hydrogens is 262 g/mol. The summed E-state index contributed by atoms with van der Waals surface area (Å²) < 4.78 is 5.20. The zero-order chi connectivity index (χ0) is 15.3. The second-order valence-electron chi connectivity index (χ2n) is 5.23. The summed E-state index contributed by atoms with van der Waals surface area (Å²) in [6, 6.07) is 13.6. The van der Waals surface area contributed by atoms with Gasteiger partial charge < -0.3 is 9.84 Å². The molecule has 3 heteroatoms. The average molecular weight is 285 g/mol. The lowest BCUT2D eigenvalue weighted by Gasteiger charge is -2.35. The molecule has 0 spiro atoms. The highest BCUT2D eigenvalue weighted by Crippen LogP contribution is 2.41. The molecule has 0 aliphatic rings. The third kappa shape index (κ3) is 3.08. The summed E-state index contributed by atoms with van der Waals surface area (Å²) in [6.07, 6.45) is 3.19. The first-order valence-electron chi connectivity index (χ1n) is 7.43. The van der Waals surface area contributed by atoms with Gasteiger partial charge in [0.25, 0.3) is 0 Å². The number of nitrogens with zero attached hydrogens (tertiary/aromatic N) is 1. The Morgan fingerprint density at radius 2 is 1.86 bits per heavy atom. The van der Waals surface area contributed by atoms with Crippen molar-refractivity contribution in [3.63, 3.8) is 0 Å². The van der Waals surface area contributed by atoms with E-state index < -0.39 is 5.60 Å². The molecule has 1 aromatic carbocycles. The van der Waals surface area contributed by atoms with Crippen LogP contribution in [0.15, 0.2) is 48.7 Å². The number of aliphatic hydroxyl groups is 1. The van der Waals surface area contributed by atoms with E-state index in [0.29, 0.717) is 6.42 Å². The number of hydrogen-bond acceptors (Lipinski definition) is 3. The highest BCUT2D eigenvalue weighted by atomic mass is 16.5. The third-order valence-electron chi connectivity index (χ3n) is 4.15. The largest absolute Gasteiger partial charge is 0.497 e. The molecule has 0 fully saturated rings. The van der Waals surface area contributed by atoms with Crippen molar-refractivity contribution in [2.24, 2.45) is 0 Å². The monoisotopic (exact) mass is 285 g/mol. The molecule has 0 aliphatic carbocycles. The summed E-state index contributed by atoms with van der Waals surface area (Å²) in [4.78, 5) is 4.38. The average Bonchev–Trinajstić information content (AvgIpc) is 2.56. The van der Waals surface area contributed by atoms with Gasteiger partial charge in [0, 0.05) is 12.1 Å². The Balaban J connectivity index is 2.41. The molecule has 0 saturated carbocycles. The number of hydrogen-bond donors (Lipinski definition) is 1. The van der Waals surface area contributed by atoms with Crippen LogP contribution in [0.5, 0.6) is 5.75 Å². The highest BCUT2D eigenvalue weighted by molar-refractivity contribution is 5.32. The molecule has 0 amide bonds. The van der Waals surface area contributed by atoms with Gasteiger partial charge in [0.05, 0.1) is 12.8 Å². The summed E-state index contributed by atoms with van der Waals surface area (Å²) in [7, 11) is 1.66. The molecular formula is C18H23NO2. The van der Waals surface area contributed by atoms with Crippen LogP contribution in [-0.2, 0) is 5.60 Å². The Morgan fingerprint density at radius 3 is 2.33 bits per heavy atom. The molecule has 0 radical (unpaired) electrons. The molecule has 1 heterocycles. The Labute approximate surface area is 126 Å². The minimum absolute atomic E-state index is 0.00306. The van der Waals surface area contributed by atoms with Gasteiger partial charge in [-0.3, -0.25) is 4.98 Å². The van der Waals surface area contributed by atoms with Gasteiger partial charge in [-0.25, -0.2) is 0 Å². The third-order valence-corrected chi connectivity index (χ3v) is 4.15. The molecule has 2 rings (SSSR count). The van der Waals surface area contributed by atoms with Gasteiger partial charge in [-0.15, -0.1) is 0 Å². The highest BCUT2D eigenvalue weighted by Gasteiger charge is 2.37. The number of benzene rings is 1. The summed E-state index contributed by atoms with van der Waals surface area (Å²) in [5, 5.41) is 11.2. The minimum atomic E-state index is -0.954. The molecule has 2 aromatic rings. The second kappa shape index (κ2) is 6.72. The summed E-state index contributed by atoms with van der Waals surface area (Å²) in [6.45, 7) is 4.10. The van der Waals surface area contributed by atoms with Crippen LogP contribution < -0.4 is 4.74 Å². The van der Waals surface area contributed by atoms with Gasteiger partial charge in [-0.2, -0.15) is 0 Å². The van der Waals surface area contributed by atoms with Crippen molar-refractivity contribution in [1.29, 1.82) is 0 Å². The van der Waals surface area contributed by atoms with E-state index in [9.17, 15) is 5.11 Å². The number of pyridine rings is 1. The lowest BCUT2D eigenvalue weighted by atomic mass is 9.76. The topological polar surface area (TPSA) is 42.4 Å². The van der Waals surface area contributed by atoms with E-state index in [4.69, 9.17) is 4.74 Å². The summed E-state index contributed by atoms with van der Waals surface area (Å²) >= 11 is 0. The van der Waals surface area contributed by atoms with Gasteiger partial charge in [0.1, 0.15) is 11.4 Å². The zero-order valence-electron chi connectivity index (χ0n) is 12.9. The standard InChI is InChI=1S/C18H23NO2/c1-4-16(14-9-11-15(21-3)12-10-14)18(20,5-2)17-8-6-7-13-19-17/h6-13,16,20H,4-5H2,1-3H3/t16-,18-/m1/s1. The number of ether oxygens (including phenoxy) is 1. The minimum Gasteiger partial charge on any atom is -0.497 e. The van der Waals surface area contributed by atoms with Crippen molar-refractivity contribution < 1.29 is 9.84 Å². The van der Waals surface area contributed by atoms with Crippen LogP contribution in [-0.4, -0.2) is 17.2 Å². The SMILES string of the molecule is CC[C@H](c1ccc(OC)cc1)[C@](O)(CC)c1ccccn1. The van der Waals surface area contributed by atoms with Crippen molar-refractivity contribution in [1.82, 2.24) is 4.98 Å². The van der Waals surface area contributed by atoms with Crippen LogP contribution >= 0.6 is 0 Å². The Hall–Kier alpha value is -1.87. The van der Waals surface area contributed by atoms with Crippen LogP contribution in [0.2, 0.25) is 0 Å². The Kier molecular flexibility index (Phi) is 4.97. The van der Waals surface area contributed by atoms with E-state index in [1.807, 2.05) is 49.4 Å². The van der Waals surface area contributed by atoms with E-state index in [-0.39, 0.29) is 5.92 Å². The normalized spacial score (nSPS) is 15.2. The van der Waals surface area contributed by atoms with Gasteiger partial charge in [0.15, 0.2) is 0 Å². The van der Waals surface area contributed by atoms with E-state index in [2.05, 4.69) is 11.9 Å². The number of aromatic nitrogens is 1. The molecule has 3 nitrogen and oxygen atoms in total. The molecule has 1 N–H and O–H groups in total. The number of methoxy groups -OCH3 is 1. The van der Waals surface area contributed by atoms with Crippen LogP contribution in [0.4, 0.5) is 0 Å². The summed E-state index contributed by atoms with van der Waals surface area (Å²) in [5.74, 6) is 0.829. The van der Waals surface area contributed by atoms with Crippen molar-refractivity contribution >= 4 is 0 Å². The molecule has 0 bridgehead atoms. The first kappa shape index (κ1) is 15.5. The van der Waals surface area contributed by atoms with E-state index in [0.717, 1.165) is 23.4 Å². The van der Waals surface area contributed by atoms with Crippen molar-refractivity contribution in [2.75, 3.05) is 7.11 Å². The molecule has 0 unspecified atom stereocenters. The lowest BCUT2D eigenvalue weighted by molar-refractivity contribution is -0.00265. The van der Waals surface area contributed by atoms with Crippen LogP contribution in [0.1, 0.15) is 43.9 Å². The fourth-order valence-electron chi connectivity index (χ4n) is 2.91. The maximum atomic E-state index is 11.2. The van der Waals surface area contributed by atoms with Gasteiger partial charge >= 0.3 is 0 Å². The van der Waals surface area contributed by atoms with E-state index in [1.165, 1.54) is 0 Å². The molecule has 0 saturated heterocycles. The molecule has 1 aromatic heterocycles. The Morgan fingerprint density at radius 1 is 1.14 bits per heavy atom. The molecule has 2 atom stereocenters. The maximum absolute atomic E-state index is 11.2. The van der Waals surface area contributed by atoms with Crippen molar-refractivity contribution in [2.45, 2.75) is 38.2 Å². The number of rotatable bonds is 6. The van der Waals surface area contributed by atoms with Gasteiger partial charge in [-0.05, 0) is 42.7 Å². The fraction of sp³-hybridized carbons (Fsp3) is 0.389. The molecule has 0 aliphatic heterocycles. The van der Waals surface area contributed by atoms with Crippen molar-refractivity contribution in [3.05, 3.63) is 59.9 Å². The second-order valence-corrected chi connectivity index (χ2v) is 5.23. The maximum Gasteiger partial charge on any atom is 0.118 e. The predicted molar refractivity (Wildman–Crippen MR) is 84.5 cm³/mol. The van der Waals surface area contributed by atoms with E-state index >= 15 is 0 Å². The lowest BCUT2D eigenvalue weighted by Crippen LogP contribution is -2.33. The molecule has 21 heavy (non-hydrogen) atoms. The van der Waals surface area contributed by atoms with Crippen LogP contribution in [0, 0.1) is 0 Å². The van der Waals surface area contributed by atoms with Crippen LogP contribution in [0.3, 0.4) is 0 Å². The predicted octanol–water partition coefficient (Wildman–Crippen LogP) is 3.88. The van der Waals surface area contributed by atoms with Gasteiger partial charge in [-0.1, -0.05) is 32.0 Å².